The standard InChI is InChI=1S/C11H9F3N4/c1-6-9(15)18(10(16)11(12,13)14)8-5-3-2-4-7(8)17-6/h2-5,15-16H,1H3. The molecule has 0 saturated carbocycles. The average Bonchev–Trinajstić information content (AvgIpc) is 2.29. The van der Waals surface area contributed by atoms with Gasteiger partial charge in [-0.25, -0.2) is 4.98 Å². The zero-order valence-corrected chi connectivity index (χ0v) is 9.34. The number of nitrogens with zero attached hydrogens (tertiary/aromatic N) is 2. The molecule has 0 fully saturated rings. The Bertz CT molecular complexity index is 685. The highest BCUT2D eigenvalue weighted by atomic mass is 19.4. The molecular weight excluding hydrogens is 245 g/mol. The summed E-state index contributed by atoms with van der Waals surface area (Å²) >= 11 is 0. The topological polar surface area (TPSA) is 65.5 Å². The summed E-state index contributed by atoms with van der Waals surface area (Å²) in [5.41, 5.74) is 0.120. The van der Waals surface area contributed by atoms with Crippen LogP contribution < -0.4 is 5.49 Å². The van der Waals surface area contributed by atoms with Crippen molar-refractivity contribution in [2.75, 3.05) is 0 Å². The predicted octanol–water partition coefficient (Wildman–Crippen LogP) is 2.21. The van der Waals surface area contributed by atoms with E-state index in [1.807, 2.05) is 0 Å². The van der Waals surface area contributed by atoms with Crippen molar-refractivity contribution in [3.63, 3.8) is 0 Å². The van der Waals surface area contributed by atoms with Crippen molar-refractivity contribution in [3.05, 3.63) is 35.4 Å². The van der Waals surface area contributed by atoms with E-state index in [1.165, 1.54) is 13.0 Å². The van der Waals surface area contributed by atoms with Crippen molar-refractivity contribution in [2.45, 2.75) is 13.1 Å². The molecule has 0 amide bonds. The summed E-state index contributed by atoms with van der Waals surface area (Å²) in [6.45, 7) is 1.44. The molecule has 0 spiro atoms. The van der Waals surface area contributed by atoms with Gasteiger partial charge in [0.15, 0.2) is 5.49 Å². The molecule has 2 N–H and O–H groups in total. The molecule has 7 heteroatoms. The Balaban J connectivity index is 2.88. The van der Waals surface area contributed by atoms with E-state index in [0.717, 1.165) is 0 Å². The molecule has 0 aliphatic carbocycles. The van der Waals surface area contributed by atoms with Crippen LogP contribution in [0, 0.1) is 17.7 Å². The van der Waals surface area contributed by atoms with Gasteiger partial charge in [-0.2, -0.15) is 13.2 Å². The summed E-state index contributed by atoms with van der Waals surface area (Å²) in [6.07, 6.45) is -4.81. The van der Waals surface area contributed by atoms with Crippen LogP contribution in [0.1, 0.15) is 5.69 Å². The Kier molecular flexibility index (Phi) is 2.68. The van der Waals surface area contributed by atoms with Gasteiger partial charge in [-0.15, -0.1) is 0 Å². The van der Waals surface area contributed by atoms with Gasteiger partial charge in [0.2, 0.25) is 5.84 Å². The maximum atomic E-state index is 12.6. The predicted molar refractivity (Wildman–Crippen MR) is 59.5 cm³/mol. The van der Waals surface area contributed by atoms with Crippen molar-refractivity contribution in [1.29, 1.82) is 10.8 Å². The third-order valence-corrected chi connectivity index (χ3v) is 2.47. The maximum Gasteiger partial charge on any atom is 0.449 e. The largest absolute Gasteiger partial charge is 0.449 e. The normalized spacial score (nSPS) is 11.8. The second-order valence-corrected chi connectivity index (χ2v) is 3.72. The number of aryl methyl sites for hydroxylation is 1. The van der Waals surface area contributed by atoms with Gasteiger partial charge in [-0.05, 0) is 19.1 Å². The minimum Gasteiger partial charge on any atom is -0.282 e. The summed E-state index contributed by atoms with van der Waals surface area (Å²) in [7, 11) is 0. The fraction of sp³-hybridized carbons (Fsp3) is 0.182. The second kappa shape index (κ2) is 3.94. The quantitative estimate of drug-likeness (QED) is 0.549. The molecule has 4 nitrogen and oxygen atoms in total. The van der Waals surface area contributed by atoms with E-state index in [1.54, 1.807) is 18.2 Å². The molecule has 1 aromatic carbocycles. The number of nitrogens with one attached hydrogen (secondary N) is 2. The zero-order chi connectivity index (χ0) is 13.5. The van der Waals surface area contributed by atoms with Crippen molar-refractivity contribution in [3.8, 4) is 0 Å². The first-order chi connectivity index (χ1) is 8.32. The number of aromatic nitrogens is 2. The number of benzene rings is 1. The average molecular weight is 254 g/mol. The molecule has 0 atom stereocenters. The molecule has 0 aliphatic rings. The minimum absolute atomic E-state index is 0.0930. The zero-order valence-electron chi connectivity index (χ0n) is 9.34. The summed E-state index contributed by atoms with van der Waals surface area (Å²) in [6, 6.07) is 6.13. The summed E-state index contributed by atoms with van der Waals surface area (Å²) in [4.78, 5) is 4.03. The van der Waals surface area contributed by atoms with E-state index in [4.69, 9.17) is 10.8 Å². The number of fused-ring (bicyclic) bond motifs is 1. The molecule has 0 bridgehead atoms. The third kappa shape index (κ3) is 1.87. The van der Waals surface area contributed by atoms with Crippen LogP contribution in [0.25, 0.3) is 11.0 Å². The van der Waals surface area contributed by atoms with E-state index < -0.39 is 17.5 Å². The van der Waals surface area contributed by atoms with Gasteiger partial charge in [0.25, 0.3) is 0 Å². The number of hydrogen-bond donors (Lipinski definition) is 2. The molecule has 1 heterocycles. The van der Waals surface area contributed by atoms with Gasteiger partial charge in [-0.1, -0.05) is 12.1 Å². The molecule has 0 aliphatic heterocycles. The molecule has 0 saturated heterocycles. The summed E-state index contributed by atoms with van der Waals surface area (Å²) in [5.74, 6) is -1.59. The van der Waals surface area contributed by atoms with Crippen molar-refractivity contribution in [2.24, 2.45) is 0 Å². The first kappa shape index (κ1) is 12.3. The lowest BCUT2D eigenvalue weighted by atomic mass is 10.2. The van der Waals surface area contributed by atoms with Crippen molar-refractivity contribution in [1.82, 2.24) is 9.55 Å². The highest BCUT2D eigenvalue weighted by Crippen LogP contribution is 2.19. The molecule has 0 radical (unpaired) electrons. The number of halogens is 3. The van der Waals surface area contributed by atoms with Crippen LogP contribution >= 0.6 is 0 Å². The van der Waals surface area contributed by atoms with Gasteiger partial charge in [-0.3, -0.25) is 15.4 Å². The Morgan fingerprint density at radius 2 is 1.89 bits per heavy atom. The SMILES string of the molecule is Cc1nc2ccccc2n(C(=N)C(F)(F)F)c1=N. The van der Waals surface area contributed by atoms with Crippen molar-refractivity contribution >= 4 is 16.9 Å². The fourth-order valence-electron chi connectivity index (χ4n) is 1.62. The summed E-state index contributed by atoms with van der Waals surface area (Å²) in [5, 5.41) is 14.8. The highest BCUT2D eigenvalue weighted by molar-refractivity contribution is 5.94. The minimum atomic E-state index is -4.81. The first-order valence-electron chi connectivity index (χ1n) is 5.01. The number of para-hydroxylation sites is 2. The monoisotopic (exact) mass is 254 g/mol. The maximum absolute atomic E-state index is 12.6. The lowest BCUT2D eigenvalue weighted by Gasteiger charge is -2.15. The lowest BCUT2D eigenvalue weighted by molar-refractivity contribution is -0.0624. The third-order valence-electron chi connectivity index (χ3n) is 2.47. The second-order valence-electron chi connectivity index (χ2n) is 3.72. The van der Waals surface area contributed by atoms with E-state index in [2.05, 4.69) is 4.98 Å². The molecule has 94 valence electrons. The molecule has 1 aromatic heterocycles. The van der Waals surface area contributed by atoms with Gasteiger partial charge in [0.05, 0.1) is 16.7 Å². The van der Waals surface area contributed by atoms with Gasteiger partial charge in [0.1, 0.15) is 0 Å². The Morgan fingerprint density at radius 1 is 1.28 bits per heavy atom. The number of hydrogen-bond acceptors (Lipinski definition) is 3. The smallest absolute Gasteiger partial charge is 0.282 e. The van der Waals surface area contributed by atoms with Crippen LogP contribution in [-0.4, -0.2) is 21.6 Å². The van der Waals surface area contributed by atoms with Crippen LogP contribution in [0.3, 0.4) is 0 Å². The van der Waals surface area contributed by atoms with Crippen molar-refractivity contribution < 1.29 is 13.2 Å². The summed E-state index contributed by atoms with van der Waals surface area (Å²) < 4.78 is 38.4. The van der Waals surface area contributed by atoms with E-state index in [0.29, 0.717) is 10.1 Å². The van der Waals surface area contributed by atoms with Gasteiger partial charge >= 0.3 is 6.18 Å². The Morgan fingerprint density at radius 3 is 2.50 bits per heavy atom. The number of alkyl halides is 3. The Labute approximate surface area is 99.7 Å². The van der Waals surface area contributed by atoms with Gasteiger partial charge in [0, 0.05) is 0 Å². The van der Waals surface area contributed by atoms with Crippen LogP contribution in [-0.2, 0) is 0 Å². The van der Waals surface area contributed by atoms with Crippen LogP contribution in [0.5, 0.6) is 0 Å². The van der Waals surface area contributed by atoms with E-state index in [-0.39, 0.29) is 11.2 Å². The lowest BCUT2D eigenvalue weighted by Crippen LogP contribution is -2.38. The van der Waals surface area contributed by atoms with E-state index in [9.17, 15) is 13.2 Å². The number of rotatable bonds is 0. The van der Waals surface area contributed by atoms with Gasteiger partial charge < -0.3 is 0 Å². The first-order valence-corrected chi connectivity index (χ1v) is 5.01. The van der Waals surface area contributed by atoms with Crippen LogP contribution in [0.15, 0.2) is 24.3 Å². The van der Waals surface area contributed by atoms with Crippen LogP contribution in [0.4, 0.5) is 13.2 Å². The molecular formula is C11H9F3N4. The van der Waals surface area contributed by atoms with Crippen LogP contribution in [0.2, 0.25) is 0 Å². The molecule has 2 rings (SSSR count). The Hall–Kier alpha value is -2.18. The molecule has 0 unspecified atom stereocenters. The molecule has 18 heavy (non-hydrogen) atoms. The fourth-order valence-corrected chi connectivity index (χ4v) is 1.62. The van der Waals surface area contributed by atoms with E-state index >= 15 is 0 Å². The molecule has 2 aromatic rings. The highest BCUT2D eigenvalue weighted by Gasteiger charge is 2.37.